The fourth-order valence-corrected chi connectivity index (χ4v) is 1.51. The third kappa shape index (κ3) is 2.70. The fourth-order valence-electron chi connectivity index (χ4n) is 1.51. The molecule has 5 heteroatoms. The number of pyridine rings is 1. The Bertz CT molecular complexity index is 572. The minimum atomic E-state index is -0.569. The van der Waals surface area contributed by atoms with Crippen molar-refractivity contribution in [1.82, 2.24) is 4.98 Å². The monoisotopic (exact) mass is 245 g/mol. The van der Waals surface area contributed by atoms with Gasteiger partial charge < -0.3 is 11.1 Å². The number of aromatic nitrogens is 1. The topological polar surface area (TPSA) is 68.0 Å². The molecule has 0 aliphatic heterocycles. The first-order chi connectivity index (χ1) is 8.70. The minimum Gasteiger partial charge on any atom is -0.326 e. The summed E-state index contributed by atoms with van der Waals surface area (Å²) >= 11 is 0. The predicted molar refractivity (Wildman–Crippen MR) is 66.5 cm³/mol. The summed E-state index contributed by atoms with van der Waals surface area (Å²) < 4.78 is 13.3. The summed E-state index contributed by atoms with van der Waals surface area (Å²) in [7, 11) is 0. The molecule has 1 aromatic carbocycles. The Balaban J connectivity index is 2.19. The molecular weight excluding hydrogens is 233 g/mol. The molecule has 4 nitrogen and oxygen atoms in total. The van der Waals surface area contributed by atoms with Gasteiger partial charge in [0.05, 0.1) is 11.9 Å². The number of amides is 1. The Morgan fingerprint density at radius 3 is 2.94 bits per heavy atom. The number of hydrogen-bond acceptors (Lipinski definition) is 3. The lowest BCUT2D eigenvalue weighted by Crippen LogP contribution is -2.13. The van der Waals surface area contributed by atoms with Crippen molar-refractivity contribution in [2.45, 2.75) is 6.54 Å². The van der Waals surface area contributed by atoms with Crippen molar-refractivity contribution in [3.63, 3.8) is 0 Å². The Morgan fingerprint density at radius 2 is 2.22 bits per heavy atom. The van der Waals surface area contributed by atoms with Gasteiger partial charge >= 0.3 is 0 Å². The van der Waals surface area contributed by atoms with E-state index in [9.17, 15) is 9.18 Å². The van der Waals surface area contributed by atoms with Crippen LogP contribution >= 0.6 is 0 Å². The summed E-state index contributed by atoms with van der Waals surface area (Å²) in [5.41, 5.74) is 6.88. The van der Waals surface area contributed by atoms with Crippen LogP contribution in [0.4, 0.5) is 10.1 Å². The van der Waals surface area contributed by atoms with Crippen LogP contribution in [0.15, 0.2) is 42.7 Å². The maximum Gasteiger partial charge on any atom is 0.255 e. The number of benzene rings is 1. The first kappa shape index (κ1) is 12.2. The molecule has 0 fully saturated rings. The van der Waals surface area contributed by atoms with Gasteiger partial charge in [-0.3, -0.25) is 9.78 Å². The van der Waals surface area contributed by atoms with Gasteiger partial charge in [-0.25, -0.2) is 4.39 Å². The average Bonchev–Trinajstić information content (AvgIpc) is 2.41. The number of anilines is 1. The van der Waals surface area contributed by atoms with Crippen molar-refractivity contribution < 1.29 is 9.18 Å². The van der Waals surface area contributed by atoms with E-state index in [-0.39, 0.29) is 11.6 Å². The molecule has 0 unspecified atom stereocenters. The lowest BCUT2D eigenvalue weighted by Gasteiger charge is -2.06. The Morgan fingerprint density at radius 1 is 1.39 bits per heavy atom. The van der Waals surface area contributed by atoms with Crippen molar-refractivity contribution in [1.29, 1.82) is 0 Å². The van der Waals surface area contributed by atoms with E-state index in [2.05, 4.69) is 10.3 Å². The summed E-state index contributed by atoms with van der Waals surface area (Å²) in [6.07, 6.45) is 2.46. The van der Waals surface area contributed by atoms with E-state index in [1.165, 1.54) is 12.3 Å². The van der Waals surface area contributed by atoms with Gasteiger partial charge in [0, 0.05) is 18.3 Å². The second kappa shape index (κ2) is 5.37. The molecule has 0 saturated heterocycles. The second-order valence-corrected chi connectivity index (χ2v) is 3.71. The van der Waals surface area contributed by atoms with Crippen molar-refractivity contribution in [2.75, 3.05) is 5.32 Å². The van der Waals surface area contributed by atoms with Gasteiger partial charge in [-0.15, -0.1) is 0 Å². The molecule has 0 atom stereocenters. The molecule has 2 aromatic rings. The highest BCUT2D eigenvalue weighted by molar-refractivity contribution is 6.04. The number of nitrogens with one attached hydrogen (secondary N) is 1. The molecule has 0 aliphatic carbocycles. The number of halogens is 1. The lowest BCUT2D eigenvalue weighted by molar-refractivity contribution is 0.102. The second-order valence-electron chi connectivity index (χ2n) is 3.71. The molecule has 0 radical (unpaired) electrons. The van der Waals surface area contributed by atoms with Crippen molar-refractivity contribution in [2.24, 2.45) is 5.73 Å². The zero-order chi connectivity index (χ0) is 13.0. The zero-order valence-corrected chi connectivity index (χ0v) is 9.56. The molecular formula is C13H12FN3O. The molecule has 0 spiro atoms. The van der Waals surface area contributed by atoms with Crippen LogP contribution < -0.4 is 11.1 Å². The summed E-state index contributed by atoms with van der Waals surface area (Å²) in [4.78, 5) is 15.5. The van der Waals surface area contributed by atoms with Crippen molar-refractivity contribution >= 4 is 11.6 Å². The van der Waals surface area contributed by atoms with E-state index in [4.69, 9.17) is 5.73 Å². The maximum atomic E-state index is 13.3. The Labute approximate surface area is 104 Å². The van der Waals surface area contributed by atoms with Crippen LogP contribution in [0.3, 0.4) is 0 Å². The minimum absolute atomic E-state index is 0.105. The third-order valence-corrected chi connectivity index (χ3v) is 2.45. The van der Waals surface area contributed by atoms with Crippen LogP contribution in [0.1, 0.15) is 15.9 Å². The van der Waals surface area contributed by atoms with Crippen LogP contribution in [0.2, 0.25) is 0 Å². The summed E-state index contributed by atoms with van der Waals surface area (Å²) in [6, 6.07) is 8.28. The molecule has 18 heavy (non-hydrogen) atoms. The summed E-state index contributed by atoms with van der Waals surface area (Å²) in [5, 5.41) is 2.48. The zero-order valence-electron chi connectivity index (χ0n) is 9.56. The standard InChI is InChI=1S/C13H12FN3O/c14-11-8-16-5-4-12(11)17-13(18)10-3-1-2-9(6-10)7-15/h1-6,8H,7,15H2,(H,16,17,18). The molecule has 1 amide bonds. The molecule has 92 valence electrons. The van der Waals surface area contributed by atoms with Gasteiger partial charge in [0.25, 0.3) is 5.91 Å². The number of nitrogens with zero attached hydrogens (tertiary/aromatic N) is 1. The number of hydrogen-bond donors (Lipinski definition) is 2. The normalized spacial score (nSPS) is 10.1. The quantitative estimate of drug-likeness (QED) is 0.868. The van der Waals surface area contributed by atoms with Crippen molar-refractivity contribution in [3.05, 3.63) is 59.7 Å². The molecule has 3 N–H and O–H groups in total. The van der Waals surface area contributed by atoms with Crippen LogP contribution in [0, 0.1) is 5.82 Å². The summed E-state index contributed by atoms with van der Waals surface area (Å²) in [6.45, 7) is 0.352. The molecule has 0 bridgehead atoms. The SMILES string of the molecule is NCc1cccc(C(=O)Nc2ccncc2F)c1. The smallest absolute Gasteiger partial charge is 0.255 e. The molecule has 2 rings (SSSR count). The van der Waals surface area contributed by atoms with Gasteiger partial charge in [-0.1, -0.05) is 12.1 Å². The van der Waals surface area contributed by atoms with Crippen molar-refractivity contribution in [3.8, 4) is 0 Å². The molecule has 0 saturated carbocycles. The van der Waals surface area contributed by atoms with E-state index in [0.717, 1.165) is 11.8 Å². The number of carbonyl (C=O) groups is 1. The molecule has 1 aromatic heterocycles. The number of carbonyl (C=O) groups excluding carboxylic acids is 1. The fraction of sp³-hybridized carbons (Fsp3) is 0.0769. The van der Waals surface area contributed by atoms with Gasteiger partial charge in [-0.2, -0.15) is 0 Å². The third-order valence-electron chi connectivity index (χ3n) is 2.45. The first-order valence-electron chi connectivity index (χ1n) is 5.40. The van der Waals surface area contributed by atoms with Crippen LogP contribution in [-0.4, -0.2) is 10.9 Å². The highest BCUT2D eigenvalue weighted by Gasteiger charge is 2.09. The van der Waals surface area contributed by atoms with Crippen LogP contribution in [-0.2, 0) is 6.54 Å². The predicted octanol–water partition coefficient (Wildman–Crippen LogP) is 1.93. The molecule has 1 heterocycles. The maximum absolute atomic E-state index is 13.3. The lowest BCUT2D eigenvalue weighted by atomic mass is 10.1. The largest absolute Gasteiger partial charge is 0.326 e. The Hall–Kier alpha value is -2.27. The van der Waals surface area contributed by atoms with Crippen LogP contribution in [0.5, 0.6) is 0 Å². The average molecular weight is 245 g/mol. The summed E-state index contributed by atoms with van der Waals surface area (Å²) in [5.74, 6) is -0.948. The van der Waals surface area contributed by atoms with E-state index < -0.39 is 5.82 Å². The Kier molecular flexibility index (Phi) is 3.64. The van der Waals surface area contributed by atoms with E-state index >= 15 is 0 Å². The highest BCUT2D eigenvalue weighted by Crippen LogP contribution is 2.13. The number of rotatable bonds is 3. The first-order valence-corrected chi connectivity index (χ1v) is 5.40. The van der Waals surface area contributed by atoms with Gasteiger partial charge in [0.2, 0.25) is 0 Å². The van der Waals surface area contributed by atoms with Gasteiger partial charge in [0.1, 0.15) is 0 Å². The van der Waals surface area contributed by atoms with Gasteiger partial charge in [0.15, 0.2) is 5.82 Å². The van der Waals surface area contributed by atoms with Gasteiger partial charge in [-0.05, 0) is 23.8 Å². The van der Waals surface area contributed by atoms with E-state index in [1.807, 2.05) is 6.07 Å². The number of nitrogens with two attached hydrogens (primary N) is 1. The molecule has 0 aliphatic rings. The van der Waals surface area contributed by atoms with E-state index in [0.29, 0.717) is 12.1 Å². The van der Waals surface area contributed by atoms with E-state index in [1.54, 1.807) is 18.2 Å². The van der Waals surface area contributed by atoms with Crippen LogP contribution in [0.25, 0.3) is 0 Å². The highest BCUT2D eigenvalue weighted by atomic mass is 19.1.